The zero-order chi connectivity index (χ0) is 16.5. The number of pyridine rings is 1. The van der Waals surface area contributed by atoms with E-state index >= 15 is 0 Å². The van der Waals surface area contributed by atoms with Gasteiger partial charge in [0, 0.05) is 23.6 Å². The van der Waals surface area contributed by atoms with Crippen molar-refractivity contribution < 1.29 is 8.81 Å². The molecule has 4 aromatic rings. The number of rotatable bonds is 3. The Hall–Kier alpha value is -3.06. The summed E-state index contributed by atoms with van der Waals surface area (Å²) in [6.45, 7) is 0. The molecule has 0 amide bonds. The van der Waals surface area contributed by atoms with Crippen LogP contribution in [-0.2, 0) is 0 Å². The molecule has 0 aliphatic carbocycles. The standard InChI is InChI=1S/C16H9ClFN5O/c17-11-2-3-13(18)12(7-11)16-22-21-15(24-16)10-1-4-14(20-8-10)23-6-5-19-9-23/h1-9H. The number of halogens is 2. The maximum absolute atomic E-state index is 13.9. The first kappa shape index (κ1) is 14.5. The maximum Gasteiger partial charge on any atom is 0.251 e. The van der Waals surface area contributed by atoms with Crippen LogP contribution in [0.2, 0.25) is 5.02 Å². The van der Waals surface area contributed by atoms with Gasteiger partial charge in [-0.15, -0.1) is 10.2 Å². The fourth-order valence-electron chi connectivity index (χ4n) is 2.17. The third kappa shape index (κ3) is 2.65. The van der Waals surface area contributed by atoms with E-state index in [9.17, 15) is 4.39 Å². The first-order chi connectivity index (χ1) is 11.7. The maximum atomic E-state index is 13.9. The lowest BCUT2D eigenvalue weighted by atomic mass is 10.2. The van der Waals surface area contributed by atoms with Crippen LogP contribution >= 0.6 is 11.6 Å². The summed E-state index contributed by atoms with van der Waals surface area (Å²) in [5.41, 5.74) is 0.782. The van der Waals surface area contributed by atoms with E-state index < -0.39 is 5.82 Å². The molecule has 4 rings (SSSR count). The number of aromatic nitrogens is 5. The first-order valence-electron chi connectivity index (χ1n) is 6.94. The predicted molar refractivity (Wildman–Crippen MR) is 85.1 cm³/mol. The molecule has 0 spiro atoms. The summed E-state index contributed by atoms with van der Waals surface area (Å²) in [5.74, 6) is 0.526. The van der Waals surface area contributed by atoms with Gasteiger partial charge in [-0.05, 0) is 30.3 Å². The van der Waals surface area contributed by atoms with Crippen molar-refractivity contribution in [2.45, 2.75) is 0 Å². The lowest BCUT2D eigenvalue weighted by Crippen LogP contribution is -1.93. The van der Waals surface area contributed by atoms with E-state index in [0.29, 0.717) is 16.4 Å². The normalized spacial score (nSPS) is 10.9. The summed E-state index contributed by atoms with van der Waals surface area (Å²) >= 11 is 5.88. The van der Waals surface area contributed by atoms with Crippen molar-refractivity contribution in [2.24, 2.45) is 0 Å². The van der Waals surface area contributed by atoms with E-state index in [1.165, 1.54) is 18.2 Å². The zero-order valence-electron chi connectivity index (χ0n) is 12.1. The van der Waals surface area contributed by atoms with E-state index in [1.807, 2.05) is 0 Å². The Kier molecular flexibility index (Phi) is 3.55. The minimum atomic E-state index is -0.483. The van der Waals surface area contributed by atoms with Crippen LogP contribution in [0.5, 0.6) is 0 Å². The van der Waals surface area contributed by atoms with Crippen molar-refractivity contribution >= 4 is 11.6 Å². The SMILES string of the molecule is Fc1ccc(Cl)cc1-c1nnc(-c2ccc(-n3ccnc3)nc2)o1. The number of benzene rings is 1. The van der Waals surface area contributed by atoms with Crippen molar-refractivity contribution in [1.29, 1.82) is 0 Å². The molecule has 3 aromatic heterocycles. The van der Waals surface area contributed by atoms with Gasteiger partial charge in [0.05, 0.1) is 11.1 Å². The lowest BCUT2D eigenvalue weighted by Gasteiger charge is -2.01. The van der Waals surface area contributed by atoms with E-state index in [1.54, 1.807) is 41.6 Å². The number of hydrogen-bond donors (Lipinski definition) is 0. The average Bonchev–Trinajstić information content (AvgIpc) is 3.29. The van der Waals surface area contributed by atoms with Crippen molar-refractivity contribution in [3.63, 3.8) is 0 Å². The Morgan fingerprint density at radius 2 is 1.96 bits per heavy atom. The average molecular weight is 342 g/mol. The van der Waals surface area contributed by atoms with Crippen LogP contribution in [0.15, 0.2) is 59.7 Å². The predicted octanol–water partition coefficient (Wildman–Crippen LogP) is 3.78. The molecule has 0 aliphatic heterocycles. The molecule has 6 nitrogen and oxygen atoms in total. The molecule has 0 N–H and O–H groups in total. The minimum absolute atomic E-state index is 0.0590. The van der Waals surface area contributed by atoms with E-state index in [0.717, 1.165) is 0 Å². The zero-order valence-corrected chi connectivity index (χ0v) is 12.9. The van der Waals surface area contributed by atoms with Crippen molar-refractivity contribution in [1.82, 2.24) is 24.7 Å². The molecule has 0 unspecified atom stereocenters. The Bertz CT molecular complexity index is 982. The molecule has 118 valence electrons. The van der Waals surface area contributed by atoms with Gasteiger partial charge in [0.25, 0.3) is 5.89 Å². The minimum Gasteiger partial charge on any atom is -0.416 e. The van der Waals surface area contributed by atoms with Crippen LogP contribution in [0.1, 0.15) is 0 Å². The van der Waals surface area contributed by atoms with Gasteiger partial charge in [-0.3, -0.25) is 4.57 Å². The molecule has 0 fully saturated rings. The quantitative estimate of drug-likeness (QED) is 0.567. The highest BCUT2D eigenvalue weighted by molar-refractivity contribution is 6.30. The fraction of sp³-hybridized carbons (Fsp3) is 0. The van der Waals surface area contributed by atoms with Gasteiger partial charge >= 0.3 is 0 Å². The third-order valence-corrected chi connectivity index (χ3v) is 3.58. The monoisotopic (exact) mass is 341 g/mol. The summed E-state index contributed by atoms with van der Waals surface area (Å²) in [4.78, 5) is 8.28. The summed E-state index contributed by atoms with van der Waals surface area (Å²) in [7, 11) is 0. The van der Waals surface area contributed by atoms with E-state index in [4.69, 9.17) is 16.0 Å². The molecular weight excluding hydrogens is 333 g/mol. The Morgan fingerprint density at radius 3 is 2.71 bits per heavy atom. The highest BCUT2D eigenvalue weighted by Crippen LogP contribution is 2.27. The molecule has 24 heavy (non-hydrogen) atoms. The molecule has 8 heteroatoms. The van der Waals surface area contributed by atoms with Crippen molar-refractivity contribution in [3.8, 4) is 28.7 Å². The van der Waals surface area contributed by atoms with Crippen LogP contribution in [-0.4, -0.2) is 24.7 Å². The second kappa shape index (κ2) is 5.86. The van der Waals surface area contributed by atoms with Gasteiger partial charge < -0.3 is 4.42 Å². The Morgan fingerprint density at radius 1 is 1.08 bits per heavy atom. The molecule has 3 heterocycles. The van der Waals surface area contributed by atoms with Crippen LogP contribution in [0, 0.1) is 5.82 Å². The van der Waals surface area contributed by atoms with E-state index in [-0.39, 0.29) is 17.3 Å². The molecule has 0 aliphatic rings. The van der Waals surface area contributed by atoms with Crippen molar-refractivity contribution in [2.75, 3.05) is 0 Å². The number of nitrogens with zero attached hydrogens (tertiary/aromatic N) is 5. The van der Waals surface area contributed by atoms with Gasteiger partial charge in [0.1, 0.15) is 18.0 Å². The molecular formula is C16H9ClFN5O. The summed E-state index contributed by atoms with van der Waals surface area (Å²) in [6.07, 6.45) is 6.70. The first-order valence-corrected chi connectivity index (χ1v) is 7.32. The molecule has 0 saturated heterocycles. The van der Waals surface area contributed by atoms with Crippen LogP contribution < -0.4 is 0 Å². The molecule has 0 atom stereocenters. The smallest absolute Gasteiger partial charge is 0.251 e. The van der Waals surface area contributed by atoms with Crippen LogP contribution in [0.25, 0.3) is 28.7 Å². The molecule has 1 aromatic carbocycles. The van der Waals surface area contributed by atoms with Crippen LogP contribution in [0.4, 0.5) is 4.39 Å². The fourth-order valence-corrected chi connectivity index (χ4v) is 2.34. The van der Waals surface area contributed by atoms with Crippen LogP contribution in [0.3, 0.4) is 0 Å². The topological polar surface area (TPSA) is 69.6 Å². The van der Waals surface area contributed by atoms with E-state index in [2.05, 4.69) is 20.2 Å². The van der Waals surface area contributed by atoms with Gasteiger partial charge in [-0.25, -0.2) is 14.4 Å². The van der Waals surface area contributed by atoms with Gasteiger partial charge in [-0.1, -0.05) is 11.6 Å². The highest BCUT2D eigenvalue weighted by atomic mass is 35.5. The summed E-state index contributed by atoms with van der Waals surface area (Å²) in [6, 6.07) is 7.73. The second-order valence-electron chi connectivity index (χ2n) is 4.91. The summed E-state index contributed by atoms with van der Waals surface area (Å²) < 4.78 is 21.2. The molecule has 0 radical (unpaired) electrons. The van der Waals surface area contributed by atoms with Gasteiger partial charge in [0.15, 0.2) is 0 Å². The number of hydrogen-bond acceptors (Lipinski definition) is 5. The number of imidazole rings is 1. The Balaban J connectivity index is 1.66. The van der Waals surface area contributed by atoms with Gasteiger partial charge in [0.2, 0.25) is 5.89 Å². The largest absolute Gasteiger partial charge is 0.416 e. The Labute approximate surface area is 140 Å². The summed E-state index contributed by atoms with van der Waals surface area (Å²) in [5, 5.41) is 8.21. The van der Waals surface area contributed by atoms with Crippen molar-refractivity contribution in [3.05, 3.63) is 66.1 Å². The third-order valence-electron chi connectivity index (χ3n) is 3.35. The molecule has 0 saturated carbocycles. The molecule has 0 bridgehead atoms. The lowest BCUT2D eigenvalue weighted by molar-refractivity contribution is 0.570. The highest BCUT2D eigenvalue weighted by Gasteiger charge is 2.15. The second-order valence-corrected chi connectivity index (χ2v) is 5.35. The van der Waals surface area contributed by atoms with Gasteiger partial charge in [-0.2, -0.15) is 0 Å².